The Morgan fingerprint density at radius 2 is 1.61 bits per heavy atom. The first-order valence-electron chi connectivity index (χ1n) is 6.74. The van der Waals surface area contributed by atoms with Crippen LogP contribution in [0.25, 0.3) is 0 Å². The zero-order valence-corrected chi connectivity index (χ0v) is 12.2. The van der Waals surface area contributed by atoms with Gasteiger partial charge in [0.05, 0.1) is 5.54 Å². The number of rotatable bonds is 7. The first-order chi connectivity index (χ1) is 8.36. The highest BCUT2D eigenvalue weighted by Gasteiger charge is 2.32. The van der Waals surface area contributed by atoms with Crippen molar-refractivity contribution in [3.63, 3.8) is 0 Å². The molecular weight excluding hydrogens is 230 g/mol. The summed E-state index contributed by atoms with van der Waals surface area (Å²) in [5.74, 6) is -0.316. The Kier molecular flexibility index (Phi) is 6.91. The Morgan fingerprint density at radius 3 is 1.94 bits per heavy atom. The molecule has 0 aliphatic rings. The van der Waals surface area contributed by atoms with Crippen LogP contribution in [0.15, 0.2) is 0 Å². The summed E-state index contributed by atoms with van der Waals surface area (Å²) >= 11 is 0. The molecule has 0 aromatic carbocycles. The van der Waals surface area contributed by atoms with Gasteiger partial charge in [-0.25, -0.2) is 0 Å². The topological polar surface area (TPSA) is 75.4 Å². The molecule has 5 nitrogen and oxygen atoms in total. The highest BCUT2D eigenvalue weighted by atomic mass is 16.2. The predicted molar refractivity (Wildman–Crippen MR) is 73.0 cm³/mol. The van der Waals surface area contributed by atoms with Gasteiger partial charge in [-0.1, -0.05) is 13.8 Å². The summed E-state index contributed by atoms with van der Waals surface area (Å²) in [5.41, 5.74) is 5.12. The number of carbonyl (C=O) groups excluding carboxylic acids is 2. The molecule has 18 heavy (non-hydrogen) atoms. The van der Waals surface area contributed by atoms with Gasteiger partial charge in [0.1, 0.15) is 6.04 Å². The normalized spacial score (nSPS) is 13.0. The smallest absolute Gasteiger partial charge is 0.244 e. The lowest BCUT2D eigenvalue weighted by molar-refractivity contribution is -0.137. The molecule has 3 N–H and O–H groups in total. The maximum atomic E-state index is 12.0. The zero-order valence-electron chi connectivity index (χ0n) is 12.2. The third-order valence-corrected chi connectivity index (χ3v) is 3.51. The monoisotopic (exact) mass is 257 g/mol. The lowest BCUT2D eigenvalue weighted by atomic mass is 9.93. The minimum atomic E-state index is -0.877. The fourth-order valence-electron chi connectivity index (χ4n) is 1.78. The average molecular weight is 257 g/mol. The van der Waals surface area contributed by atoms with Gasteiger partial charge in [-0.05, 0) is 33.6 Å². The highest BCUT2D eigenvalue weighted by molar-refractivity contribution is 5.91. The second kappa shape index (κ2) is 7.36. The quantitative estimate of drug-likeness (QED) is 0.711. The van der Waals surface area contributed by atoms with Crippen molar-refractivity contribution >= 4 is 11.8 Å². The summed E-state index contributed by atoms with van der Waals surface area (Å²) in [5, 5.41) is 2.72. The number of hydrogen-bond acceptors (Lipinski definition) is 3. The Hall–Kier alpha value is -1.10. The second-order valence-corrected chi connectivity index (χ2v) is 4.57. The van der Waals surface area contributed by atoms with Gasteiger partial charge in [0.25, 0.3) is 0 Å². The van der Waals surface area contributed by atoms with Crippen molar-refractivity contribution in [3.05, 3.63) is 0 Å². The minimum Gasteiger partial charge on any atom is -0.343 e. The predicted octanol–water partition coefficient (Wildman–Crippen LogP) is 0.877. The number of nitrogens with one attached hydrogen (secondary N) is 1. The van der Waals surface area contributed by atoms with Crippen molar-refractivity contribution in [2.45, 2.75) is 59.0 Å². The van der Waals surface area contributed by atoms with Crippen LogP contribution in [-0.2, 0) is 9.59 Å². The standard InChI is InChI=1S/C13H27N3O2/c1-6-13(14,7-2)12(18)15-10(5)11(17)16(8-3)9-4/h10H,6-9,14H2,1-5H3,(H,15,18). The number of nitrogens with zero attached hydrogens (tertiary/aromatic N) is 1. The van der Waals surface area contributed by atoms with Crippen LogP contribution in [0.3, 0.4) is 0 Å². The molecule has 0 fully saturated rings. The molecule has 0 aromatic heterocycles. The van der Waals surface area contributed by atoms with Gasteiger partial charge in [0, 0.05) is 13.1 Å². The van der Waals surface area contributed by atoms with E-state index in [1.54, 1.807) is 11.8 Å². The number of hydrogen-bond donors (Lipinski definition) is 2. The van der Waals surface area contributed by atoms with Gasteiger partial charge in [0.2, 0.25) is 11.8 Å². The zero-order chi connectivity index (χ0) is 14.3. The molecule has 106 valence electrons. The third kappa shape index (κ3) is 3.98. The molecule has 0 saturated carbocycles. The summed E-state index contributed by atoms with van der Waals surface area (Å²) < 4.78 is 0. The first-order valence-corrected chi connectivity index (χ1v) is 6.74. The fraction of sp³-hybridized carbons (Fsp3) is 0.846. The molecule has 5 heteroatoms. The van der Waals surface area contributed by atoms with Crippen LogP contribution in [0.4, 0.5) is 0 Å². The van der Waals surface area contributed by atoms with Crippen LogP contribution in [0, 0.1) is 0 Å². The van der Waals surface area contributed by atoms with E-state index in [2.05, 4.69) is 5.32 Å². The summed E-state index contributed by atoms with van der Waals surface area (Å²) in [4.78, 5) is 25.7. The molecule has 0 saturated heterocycles. The molecule has 1 atom stereocenters. The van der Waals surface area contributed by atoms with Crippen molar-refractivity contribution in [1.82, 2.24) is 10.2 Å². The molecular formula is C13H27N3O2. The Morgan fingerprint density at radius 1 is 1.17 bits per heavy atom. The van der Waals surface area contributed by atoms with Crippen LogP contribution in [0.2, 0.25) is 0 Å². The van der Waals surface area contributed by atoms with Gasteiger partial charge >= 0.3 is 0 Å². The van der Waals surface area contributed by atoms with Crippen molar-refractivity contribution in [2.24, 2.45) is 5.73 Å². The van der Waals surface area contributed by atoms with E-state index in [4.69, 9.17) is 5.73 Å². The van der Waals surface area contributed by atoms with E-state index in [1.807, 2.05) is 27.7 Å². The van der Waals surface area contributed by atoms with Crippen LogP contribution in [0.5, 0.6) is 0 Å². The SMILES string of the molecule is CCN(CC)C(=O)C(C)NC(=O)C(N)(CC)CC. The molecule has 0 aliphatic heterocycles. The van der Waals surface area contributed by atoms with E-state index in [0.29, 0.717) is 25.9 Å². The first kappa shape index (κ1) is 16.9. The van der Waals surface area contributed by atoms with Crippen LogP contribution in [-0.4, -0.2) is 41.4 Å². The maximum absolute atomic E-state index is 12.0. The van der Waals surface area contributed by atoms with Crippen molar-refractivity contribution < 1.29 is 9.59 Å². The van der Waals surface area contributed by atoms with Crippen LogP contribution >= 0.6 is 0 Å². The van der Waals surface area contributed by atoms with Gasteiger partial charge in [-0.2, -0.15) is 0 Å². The van der Waals surface area contributed by atoms with Crippen molar-refractivity contribution in [2.75, 3.05) is 13.1 Å². The molecule has 1 unspecified atom stereocenters. The molecule has 0 aliphatic carbocycles. The molecule has 0 aromatic rings. The number of likely N-dealkylation sites (N-methyl/N-ethyl adjacent to an activating group) is 1. The van der Waals surface area contributed by atoms with Crippen LogP contribution in [0.1, 0.15) is 47.5 Å². The average Bonchev–Trinajstić information content (AvgIpc) is 2.38. The molecule has 0 radical (unpaired) electrons. The number of nitrogens with two attached hydrogens (primary N) is 1. The van der Waals surface area contributed by atoms with E-state index in [1.165, 1.54) is 0 Å². The number of amides is 2. The molecule has 0 heterocycles. The van der Waals surface area contributed by atoms with Gasteiger partial charge < -0.3 is 16.0 Å². The van der Waals surface area contributed by atoms with Gasteiger partial charge in [-0.15, -0.1) is 0 Å². The lowest BCUT2D eigenvalue weighted by Gasteiger charge is -2.29. The molecule has 2 amide bonds. The van der Waals surface area contributed by atoms with Gasteiger partial charge in [0.15, 0.2) is 0 Å². The Balaban J connectivity index is 4.61. The molecule has 0 spiro atoms. The van der Waals surface area contributed by atoms with Crippen molar-refractivity contribution in [3.8, 4) is 0 Å². The summed E-state index contributed by atoms with van der Waals surface area (Å²) in [6, 6.07) is -0.529. The highest BCUT2D eigenvalue weighted by Crippen LogP contribution is 2.11. The largest absolute Gasteiger partial charge is 0.343 e. The van der Waals surface area contributed by atoms with E-state index in [0.717, 1.165) is 0 Å². The Bertz CT molecular complexity index is 284. The van der Waals surface area contributed by atoms with E-state index >= 15 is 0 Å². The molecule has 0 rings (SSSR count). The van der Waals surface area contributed by atoms with Crippen LogP contribution < -0.4 is 11.1 Å². The van der Waals surface area contributed by atoms with Crippen molar-refractivity contribution in [1.29, 1.82) is 0 Å². The minimum absolute atomic E-state index is 0.0668. The summed E-state index contributed by atoms with van der Waals surface area (Å²) in [7, 11) is 0. The van der Waals surface area contributed by atoms with E-state index < -0.39 is 11.6 Å². The molecule has 0 bridgehead atoms. The number of carbonyl (C=O) groups is 2. The second-order valence-electron chi connectivity index (χ2n) is 4.57. The Labute approximate surface area is 110 Å². The lowest BCUT2D eigenvalue weighted by Crippen LogP contribution is -2.57. The van der Waals surface area contributed by atoms with Gasteiger partial charge in [-0.3, -0.25) is 9.59 Å². The maximum Gasteiger partial charge on any atom is 0.244 e. The summed E-state index contributed by atoms with van der Waals surface area (Å²) in [6.45, 7) is 10.6. The van der Waals surface area contributed by atoms with E-state index in [9.17, 15) is 9.59 Å². The van der Waals surface area contributed by atoms with E-state index in [-0.39, 0.29) is 11.8 Å². The third-order valence-electron chi connectivity index (χ3n) is 3.51. The fourth-order valence-corrected chi connectivity index (χ4v) is 1.78. The summed E-state index contributed by atoms with van der Waals surface area (Å²) in [6.07, 6.45) is 1.11.